The summed E-state index contributed by atoms with van der Waals surface area (Å²) in [6.07, 6.45) is 0. The number of halogens is 1. The SMILES string of the molecule is CC(C)CS(=O)(=O)CC(=O)Nc1cc(C(=O)Nc2ccccc2)ccc1Cl. The smallest absolute Gasteiger partial charge is 0.255 e. The van der Waals surface area contributed by atoms with Crippen LogP contribution in [0.3, 0.4) is 0 Å². The second-order valence-corrected chi connectivity index (χ2v) is 9.03. The lowest BCUT2D eigenvalue weighted by molar-refractivity contribution is -0.113. The maximum atomic E-state index is 12.4. The van der Waals surface area contributed by atoms with Gasteiger partial charge < -0.3 is 10.6 Å². The van der Waals surface area contributed by atoms with E-state index in [0.717, 1.165) is 0 Å². The highest BCUT2D eigenvalue weighted by molar-refractivity contribution is 7.92. The Bertz CT molecular complexity index is 928. The van der Waals surface area contributed by atoms with Gasteiger partial charge in [-0.2, -0.15) is 0 Å². The molecule has 0 aliphatic heterocycles. The van der Waals surface area contributed by atoms with Crippen LogP contribution >= 0.6 is 11.6 Å². The molecule has 0 aromatic heterocycles. The zero-order chi connectivity index (χ0) is 20.0. The summed E-state index contributed by atoms with van der Waals surface area (Å²) in [5.74, 6) is -1.86. The van der Waals surface area contributed by atoms with Crippen molar-refractivity contribution < 1.29 is 18.0 Å². The van der Waals surface area contributed by atoms with Gasteiger partial charge in [-0.25, -0.2) is 8.42 Å². The van der Waals surface area contributed by atoms with E-state index in [9.17, 15) is 18.0 Å². The molecular formula is C19H21ClN2O4S. The Kier molecular flexibility index (Phi) is 6.98. The lowest BCUT2D eigenvalue weighted by atomic mass is 10.1. The molecule has 0 atom stereocenters. The minimum atomic E-state index is -3.51. The van der Waals surface area contributed by atoms with Crippen LogP contribution in [0.5, 0.6) is 0 Å². The molecule has 0 saturated carbocycles. The molecular weight excluding hydrogens is 388 g/mol. The van der Waals surface area contributed by atoms with Crippen molar-refractivity contribution in [3.05, 3.63) is 59.1 Å². The van der Waals surface area contributed by atoms with Crippen LogP contribution in [0.15, 0.2) is 48.5 Å². The van der Waals surface area contributed by atoms with Crippen LogP contribution in [0.4, 0.5) is 11.4 Å². The standard InChI is InChI=1S/C19H21ClN2O4S/c1-13(2)11-27(25,26)12-18(23)22-17-10-14(8-9-16(17)20)19(24)21-15-6-4-3-5-7-15/h3-10,13H,11-12H2,1-2H3,(H,21,24)(H,22,23). The van der Waals surface area contributed by atoms with E-state index in [-0.39, 0.29) is 33.9 Å². The first-order chi connectivity index (χ1) is 12.7. The number of para-hydroxylation sites is 1. The number of hydrogen-bond donors (Lipinski definition) is 2. The number of hydrogen-bond acceptors (Lipinski definition) is 4. The first-order valence-electron chi connectivity index (χ1n) is 8.32. The lowest BCUT2D eigenvalue weighted by Crippen LogP contribution is -2.26. The Labute approximate surface area is 163 Å². The monoisotopic (exact) mass is 408 g/mol. The minimum absolute atomic E-state index is 0.0728. The van der Waals surface area contributed by atoms with Crippen molar-refractivity contribution in [2.75, 3.05) is 22.1 Å². The van der Waals surface area contributed by atoms with Gasteiger partial charge in [0.05, 0.1) is 16.5 Å². The Morgan fingerprint density at radius 3 is 2.33 bits per heavy atom. The average Bonchev–Trinajstić information content (AvgIpc) is 2.55. The van der Waals surface area contributed by atoms with E-state index >= 15 is 0 Å². The van der Waals surface area contributed by atoms with Gasteiger partial charge in [-0.1, -0.05) is 43.6 Å². The molecule has 0 aliphatic carbocycles. The van der Waals surface area contributed by atoms with Crippen LogP contribution in [-0.2, 0) is 14.6 Å². The Morgan fingerprint density at radius 1 is 1.04 bits per heavy atom. The van der Waals surface area contributed by atoms with Crippen LogP contribution < -0.4 is 10.6 Å². The Morgan fingerprint density at radius 2 is 1.70 bits per heavy atom. The molecule has 0 heterocycles. The topological polar surface area (TPSA) is 92.3 Å². The molecule has 0 aliphatic rings. The maximum Gasteiger partial charge on any atom is 0.255 e. The van der Waals surface area contributed by atoms with Crippen molar-refractivity contribution in [2.45, 2.75) is 13.8 Å². The fourth-order valence-electron chi connectivity index (χ4n) is 2.44. The molecule has 0 bridgehead atoms. The van der Waals surface area contributed by atoms with Gasteiger partial charge in [0.15, 0.2) is 9.84 Å². The molecule has 27 heavy (non-hydrogen) atoms. The summed E-state index contributed by atoms with van der Waals surface area (Å²) in [5.41, 5.74) is 1.09. The predicted octanol–water partition coefficient (Wildman–Crippen LogP) is 3.60. The number of carbonyl (C=O) groups is 2. The fourth-order valence-corrected chi connectivity index (χ4v) is 4.21. The fraction of sp³-hybridized carbons (Fsp3) is 0.263. The maximum absolute atomic E-state index is 12.4. The van der Waals surface area contributed by atoms with Crippen LogP contribution in [0.25, 0.3) is 0 Å². The van der Waals surface area contributed by atoms with Gasteiger partial charge in [-0.3, -0.25) is 9.59 Å². The van der Waals surface area contributed by atoms with E-state index < -0.39 is 21.5 Å². The van der Waals surface area contributed by atoms with Gasteiger partial charge in [0.2, 0.25) is 5.91 Å². The van der Waals surface area contributed by atoms with Crippen molar-refractivity contribution in [2.24, 2.45) is 5.92 Å². The number of sulfone groups is 1. The summed E-state index contributed by atoms with van der Waals surface area (Å²) < 4.78 is 23.9. The molecule has 2 aromatic rings. The minimum Gasteiger partial charge on any atom is -0.324 e. The van der Waals surface area contributed by atoms with E-state index in [1.807, 2.05) is 6.07 Å². The van der Waals surface area contributed by atoms with Crippen molar-refractivity contribution in [1.82, 2.24) is 0 Å². The van der Waals surface area contributed by atoms with Crippen LogP contribution in [0.2, 0.25) is 5.02 Å². The number of amides is 2. The molecule has 144 valence electrons. The third kappa shape index (κ3) is 6.69. The summed E-state index contributed by atoms with van der Waals surface area (Å²) in [5, 5.41) is 5.41. The normalized spacial score (nSPS) is 11.3. The van der Waals surface area contributed by atoms with Gasteiger partial charge >= 0.3 is 0 Å². The molecule has 8 heteroatoms. The summed E-state index contributed by atoms with van der Waals surface area (Å²) in [6, 6.07) is 13.3. The highest BCUT2D eigenvalue weighted by atomic mass is 35.5. The van der Waals surface area contributed by atoms with Gasteiger partial charge in [-0.15, -0.1) is 0 Å². The molecule has 0 saturated heterocycles. The number of benzene rings is 2. The Balaban J connectivity index is 2.10. The molecule has 2 N–H and O–H groups in total. The highest BCUT2D eigenvalue weighted by Gasteiger charge is 2.19. The van der Waals surface area contributed by atoms with Crippen molar-refractivity contribution >= 4 is 44.6 Å². The summed E-state index contributed by atoms with van der Waals surface area (Å²) in [7, 11) is -3.51. The second kappa shape index (κ2) is 9.01. The molecule has 0 fully saturated rings. The van der Waals surface area contributed by atoms with Gasteiger partial charge in [0.1, 0.15) is 5.75 Å². The van der Waals surface area contributed by atoms with Crippen molar-refractivity contribution in [1.29, 1.82) is 0 Å². The quantitative estimate of drug-likeness (QED) is 0.732. The zero-order valence-electron chi connectivity index (χ0n) is 15.0. The predicted molar refractivity (Wildman–Crippen MR) is 108 cm³/mol. The molecule has 2 aromatic carbocycles. The number of carbonyl (C=O) groups excluding carboxylic acids is 2. The summed E-state index contributed by atoms with van der Waals surface area (Å²) in [6.45, 7) is 3.53. The second-order valence-electron chi connectivity index (χ2n) is 6.51. The molecule has 6 nitrogen and oxygen atoms in total. The highest BCUT2D eigenvalue weighted by Crippen LogP contribution is 2.24. The van der Waals surface area contributed by atoms with Crippen molar-refractivity contribution in [3.63, 3.8) is 0 Å². The number of rotatable bonds is 7. The van der Waals surface area contributed by atoms with Crippen LogP contribution in [-0.4, -0.2) is 31.7 Å². The third-order valence-corrected chi connectivity index (χ3v) is 5.68. The molecule has 2 rings (SSSR count). The third-order valence-electron chi connectivity index (χ3n) is 3.47. The largest absolute Gasteiger partial charge is 0.324 e. The zero-order valence-corrected chi connectivity index (χ0v) is 16.6. The van der Waals surface area contributed by atoms with Crippen molar-refractivity contribution in [3.8, 4) is 0 Å². The molecule has 2 amide bonds. The van der Waals surface area contributed by atoms with Crippen LogP contribution in [0, 0.1) is 5.92 Å². The Hall–Kier alpha value is -2.38. The van der Waals surface area contributed by atoms with Gasteiger partial charge in [-0.05, 0) is 36.2 Å². The number of nitrogens with one attached hydrogen (secondary N) is 2. The summed E-state index contributed by atoms with van der Waals surface area (Å²) in [4.78, 5) is 24.4. The van der Waals surface area contributed by atoms with E-state index in [2.05, 4.69) is 10.6 Å². The first-order valence-corrected chi connectivity index (χ1v) is 10.5. The van der Waals surface area contributed by atoms with E-state index in [4.69, 9.17) is 11.6 Å². The van der Waals surface area contributed by atoms with E-state index in [1.165, 1.54) is 18.2 Å². The van der Waals surface area contributed by atoms with E-state index in [0.29, 0.717) is 5.69 Å². The molecule has 0 radical (unpaired) electrons. The number of anilines is 2. The molecule has 0 unspecified atom stereocenters. The first kappa shape index (κ1) is 20.9. The summed E-state index contributed by atoms with van der Waals surface area (Å²) >= 11 is 6.06. The van der Waals surface area contributed by atoms with Gasteiger partial charge in [0.25, 0.3) is 5.91 Å². The van der Waals surface area contributed by atoms with Gasteiger partial charge in [0, 0.05) is 11.3 Å². The lowest BCUT2D eigenvalue weighted by Gasteiger charge is -2.11. The van der Waals surface area contributed by atoms with Crippen LogP contribution in [0.1, 0.15) is 24.2 Å². The van der Waals surface area contributed by atoms with E-state index in [1.54, 1.807) is 38.1 Å². The average molecular weight is 409 g/mol. The molecule has 0 spiro atoms.